The van der Waals surface area contributed by atoms with E-state index >= 15 is 0 Å². The Labute approximate surface area is 143 Å². The van der Waals surface area contributed by atoms with Gasteiger partial charge in [-0.15, -0.1) is 5.10 Å². The van der Waals surface area contributed by atoms with E-state index in [0.29, 0.717) is 17.8 Å². The zero-order valence-corrected chi connectivity index (χ0v) is 13.2. The molecule has 1 amide bonds. The van der Waals surface area contributed by atoms with Crippen LogP contribution in [-0.2, 0) is 6.54 Å². The van der Waals surface area contributed by atoms with Gasteiger partial charge in [0.15, 0.2) is 5.65 Å². The summed E-state index contributed by atoms with van der Waals surface area (Å²) in [6, 6.07) is 14.9. The van der Waals surface area contributed by atoms with Crippen molar-refractivity contribution >= 4 is 11.6 Å². The van der Waals surface area contributed by atoms with Crippen molar-refractivity contribution in [2.24, 2.45) is 0 Å². The molecule has 0 fully saturated rings. The first kappa shape index (κ1) is 15.0. The Bertz CT molecular complexity index is 979. The molecule has 0 aliphatic heterocycles. The predicted molar refractivity (Wildman–Crippen MR) is 89.7 cm³/mol. The van der Waals surface area contributed by atoms with Crippen LogP contribution in [0.25, 0.3) is 5.65 Å². The summed E-state index contributed by atoms with van der Waals surface area (Å²) in [5.41, 5.74) is 2.09. The number of tetrazole rings is 1. The molecule has 0 saturated heterocycles. The Morgan fingerprint density at radius 3 is 2.80 bits per heavy atom. The van der Waals surface area contributed by atoms with Crippen molar-refractivity contribution in [2.75, 3.05) is 0 Å². The highest BCUT2D eigenvalue weighted by atomic mass is 16.1. The van der Waals surface area contributed by atoms with E-state index in [-0.39, 0.29) is 11.9 Å². The summed E-state index contributed by atoms with van der Waals surface area (Å²) in [6.07, 6.45) is 5.20. The van der Waals surface area contributed by atoms with E-state index in [2.05, 4.69) is 25.9 Å². The molecule has 8 heteroatoms. The number of nitrogens with zero attached hydrogens (tertiary/aromatic N) is 6. The maximum absolute atomic E-state index is 12.7. The number of aromatic nitrogens is 6. The molecule has 4 aromatic rings. The molecule has 0 aliphatic carbocycles. The van der Waals surface area contributed by atoms with Gasteiger partial charge in [-0.1, -0.05) is 30.3 Å². The highest BCUT2D eigenvalue weighted by molar-refractivity contribution is 5.94. The maximum atomic E-state index is 12.7. The van der Waals surface area contributed by atoms with Crippen LogP contribution in [0, 0.1) is 0 Å². The van der Waals surface area contributed by atoms with Crippen molar-refractivity contribution in [3.05, 3.63) is 78.2 Å². The van der Waals surface area contributed by atoms with Gasteiger partial charge in [0.2, 0.25) is 0 Å². The van der Waals surface area contributed by atoms with E-state index in [1.165, 1.54) is 4.52 Å². The number of amides is 1. The Hall–Kier alpha value is -3.55. The molecule has 3 heterocycles. The first-order valence-electron chi connectivity index (χ1n) is 7.80. The molecule has 0 aliphatic rings. The third-order valence-corrected chi connectivity index (χ3v) is 3.89. The third kappa shape index (κ3) is 3.23. The summed E-state index contributed by atoms with van der Waals surface area (Å²) in [6.45, 7) is 0.538. The van der Waals surface area contributed by atoms with Crippen LogP contribution >= 0.6 is 0 Å². The first-order chi connectivity index (χ1) is 12.3. The second-order valence-electron chi connectivity index (χ2n) is 5.56. The number of nitrogens with one attached hydrogen (secondary N) is 1. The Morgan fingerprint density at radius 1 is 1.12 bits per heavy atom. The lowest BCUT2D eigenvalue weighted by Gasteiger charge is -2.19. The SMILES string of the molecule is O=C(N[C@@H](Cn1cccn1)c1ccccc1)c1ccc2nnnn2c1. The number of rotatable bonds is 5. The maximum Gasteiger partial charge on any atom is 0.253 e. The van der Waals surface area contributed by atoms with Gasteiger partial charge in [-0.25, -0.2) is 0 Å². The minimum Gasteiger partial charge on any atom is -0.343 e. The van der Waals surface area contributed by atoms with Crippen LogP contribution in [0.2, 0.25) is 0 Å². The van der Waals surface area contributed by atoms with Gasteiger partial charge in [0.25, 0.3) is 5.91 Å². The van der Waals surface area contributed by atoms with Crippen LogP contribution in [0.1, 0.15) is 22.0 Å². The van der Waals surface area contributed by atoms with Gasteiger partial charge in [0.1, 0.15) is 0 Å². The number of fused-ring (bicyclic) bond motifs is 1. The van der Waals surface area contributed by atoms with E-state index < -0.39 is 0 Å². The fourth-order valence-corrected chi connectivity index (χ4v) is 2.63. The number of hydrogen-bond acceptors (Lipinski definition) is 5. The van der Waals surface area contributed by atoms with E-state index in [0.717, 1.165) is 5.56 Å². The van der Waals surface area contributed by atoms with Gasteiger partial charge in [0.05, 0.1) is 18.2 Å². The van der Waals surface area contributed by atoms with Crippen LogP contribution in [0.5, 0.6) is 0 Å². The summed E-state index contributed by atoms with van der Waals surface area (Å²) in [7, 11) is 0. The number of carbonyl (C=O) groups is 1. The topological polar surface area (TPSA) is 90.0 Å². The fourth-order valence-electron chi connectivity index (χ4n) is 2.63. The standard InChI is InChI=1S/C17H15N7O/c25-17(14-7-8-16-20-21-22-24(16)11-14)19-15(12-23-10-4-9-18-23)13-5-2-1-3-6-13/h1-11,15H,12H2,(H,19,25)/t15-/m0/s1. The molecule has 0 spiro atoms. The van der Waals surface area contributed by atoms with Gasteiger partial charge >= 0.3 is 0 Å². The second-order valence-corrected chi connectivity index (χ2v) is 5.56. The molecule has 4 rings (SSSR count). The number of hydrogen-bond donors (Lipinski definition) is 1. The van der Waals surface area contributed by atoms with Gasteiger partial charge in [0, 0.05) is 18.6 Å². The van der Waals surface area contributed by atoms with Gasteiger partial charge in [-0.3, -0.25) is 9.48 Å². The summed E-state index contributed by atoms with van der Waals surface area (Å²) < 4.78 is 3.27. The summed E-state index contributed by atoms with van der Waals surface area (Å²) in [5, 5.41) is 18.5. The van der Waals surface area contributed by atoms with E-state index in [4.69, 9.17) is 0 Å². The highest BCUT2D eigenvalue weighted by Crippen LogP contribution is 2.16. The van der Waals surface area contributed by atoms with Gasteiger partial charge in [-0.2, -0.15) is 9.61 Å². The summed E-state index contributed by atoms with van der Waals surface area (Å²) >= 11 is 0. The van der Waals surface area contributed by atoms with Gasteiger partial charge in [-0.05, 0) is 34.2 Å². The molecule has 1 aromatic carbocycles. The van der Waals surface area contributed by atoms with Crippen molar-refractivity contribution in [3.8, 4) is 0 Å². The smallest absolute Gasteiger partial charge is 0.253 e. The quantitative estimate of drug-likeness (QED) is 0.598. The number of pyridine rings is 1. The first-order valence-corrected chi connectivity index (χ1v) is 7.80. The molecular weight excluding hydrogens is 318 g/mol. The Morgan fingerprint density at radius 2 is 2.00 bits per heavy atom. The lowest BCUT2D eigenvalue weighted by atomic mass is 10.1. The van der Waals surface area contributed by atoms with Gasteiger partial charge < -0.3 is 5.32 Å². The normalized spacial score (nSPS) is 12.2. The van der Waals surface area contributed by atoms with E-state index in [9.17, 15) is 4.79 Å². The molecule has 124 valence electrons. The molecule has 8 nitrogen and oxygen atoms in total. The molecule has 0 bridgehead atoms. The van der Waals surface area contributed by atoms with Crippen LogP contribution in [0.15, 0.2) is 67.1 Å². The third-order valence-electron chi connectivity index (χ3n) is 3.89. The highest BCUT2D eigenvalue weighted by Gasteiger charge is 2.17. The summed E-state index contributed by atoms with van der Waals surface area (Å²) in [5.74, 6) is -0.196. The zero-order valence-electron chi connectivity index (χ0n) is 13.2. The lowest BCUT2D eigenvalue weighted by molar-refractivity contribution is 0.0931. The van der Waals surface area contributed by atoms with E-state index in [1.54, 1.807) is 29.2 Å². The molecular formula is C17H15N7O. The van der Waals surface area contributed by atoms with Crippen molar-refractivity contribution in [3.63, 3.8) is 0 Å². The fraction of sp³-hybridized carbons (Fsp3) is 0.118. The lowest BCUT2D eigenvalue weighted by Crippen LogP contribution is -2.31. The molecule has 0 unspecified atom stereocenters. The average Bonchev–Trinajstić information content (AvgIpc) is 3.32. The Balaban J connectivity index is 1.59. The van der Waals surface area contributed by atoms with Crippen LogP contribution < -0.4 is 5.32 Å². The van der Waals surface area contributed by atoms with Crippen LogP contribution in [-0.4, -0.2) is 35.7 Å². The molecule has 0 radical (unpaired) electrons. The zero-order chi connectivity index (χ0) is 17.1. The van der Waals surface area contributed by atoms with Crippen molar-refractivity contribution in [1.29, 1.82) is 0 Å². The largest absolute Gasteiger partial charge is 0.343 e. The molecule has 1 atom stereocenters. The molecule has 0 saturated carbocycles. The number of carbonyl (C=O) groups excluding carboxylic acids is 1. The van der Waals surface area contributed by atoms with Crippen molar-refractivity contribution < 1.29 is 4.79 Å². The van der Waals surface area contributed by atoms with Crippen molar-refractivity contribution in [1.82, 2.24) is 35.1 Å². The molecule has 1 N–H and O–H groups in total. The minimum atomic E-state index is -0.210. The average molecular weight is 333 g/mol. The van der Waals surface area contributed by atoms with Crippen LogP contribution in [0.3, 0.4) is 0 Å². The predicted octanol–water partition coefficient (Wildman–Crippen LogP) is 1.49. The minimum absolute atomic E-state index is 0.196. The number of benzene rings is 1. The van der Waals surface area contributed by atoms with Crippen molar-refractivity contribution in [2.45, 2.75) is 12.6 Å². The summed E-state index contributed by atoms with van der Waals surface area (Å²) in [4.78, 5) is 12.7. The van der Waals surface area contributed by atoms with Crippen LogP contribution in [0.4, 0.5) is 0 Å². The molecule has 3 aromatic heterocycles. The van der Waals surface area contributed by atoms with E-state index in [1.807, 2.05) is 42.6 Å². The second kappa shape index (κ2) is 6.52. The monoisotopic (exact) mass is 333 g/mol. The molecule has 25 heavy (non-hydrogen) atoms. The Kier molecular flexibility index (Phi) is 3.91.